The molecule has 1 aliphatic carbocycles. The van der Waals surface area contributed by atoms with E-state index in [4.69, 9.17) is 5.73 Å². The van der Waals surface area contributed by atoms with Crippen molar-refractivity contribution in [2.24, 2.45) is 10.7 Å². The topological polar surface area (TPSA) is 38.4 Å². The molecule has 0 fully saturated rings. The Hall–Kier alpha value is -1.31. The Morgan fingerprint density at radius 2 is 2.14 bits per heavy atom. The van der Waals surface area contributed by atoms with E-state index in [-0.39, 0.29) is 0 Å². The fraction of sp³-hybridized carbons (Fsp3) is 0.417. The van der Waals surface area contributed by atoms with Crippen LogP contribution in [0.5, 0.6) is 0 Å². The molecule has 2 heteroatoms. The fourth-order valence-electron chi connectivity index (χ4n) is 1.91. The van der Waals surface area contributed by atoms with Crippen LogP contribution in [0.25, 0.3) is 0 Å². The van der Waals surface area contributed by atoms with Crippen molar-refractivity contribution < 1.29 is 0 Å². The van der Waals surface area contributed by atoms with Crippen LogP contribution in [0, 0.1) is 0 Å². The minimum Gasteiger partial charge on any atom is -0.387 e. The number of hydrogen-bond acceptors (Lipinski definition) is 1. The molecule has 1 aromatic carbocycles. The molecule has 0 heterocycles. The average molecular weight is 188 g/mol. The van der Waals surface area contributed by atoms with Gasteiger partial charge in [0.05, 0.1) is 0 Å². The highest BCUT2D eigenvalue weighted by molar-refractivity contribution is 5.90. The molecule has 2 nitrogen and oxygen atoms in total. The van der Waals surface area contributed by atoms with E-state index < -0.39 is 0 Å². The number of nitrogens with two attached hydrogens (primary N) is 1. The highest BCUT2D eigenvalue weighted by atomic mass is 14.9. The first-order valence-electron chi connectivity index (χ1n) is 5.09. The molecule has 0 bridgehead atoms. The summed E-state index contributed by atoms with van der Waals surface area (Å²) in [6, 6.07) is 8.74. The van der Waals surface area contributed by atoms with Gasteiger partial charge in [0.25, 0.3) is 0 Å². The second-order valence-corrected chi connectivity index (χ2v) is 4.10. The summed E-state index contributed by atoms with van der Waals surface area (Å²) in [6.07, 6.45) is 1.05. The lowest BCUT2D eigenvalue weighted by Crippen LogP contribution is -2.31. The number of aliphatic imine (C=N–C) groups is 1. The Kier molecular flexibility index (Phi) is 2.28. The van der Waals surface area contributed by atoms with Gasteiger partial charge in [0.2, 0.25) is 0 Å². The Balaban J connectivity index is 2.19. The summed E-state index contributed by atoms with van der Waals surface area (Å²) in [5, 5.41) is 0. The molecule has 0 aliphatic heterocycles. The molecule has 1 aliphatic rings. The highest BCUT2D eigenvalue weighted by Gasteiger charge is 2.28. The second-order valence-electron chi connectivity index (χ2n) is 4.10. The molecular weight excluding hydrogens is 172 g/mol. The van der Waals surface area contributed by atoms with Crippen LogP contribution in [-0.2, 0) is 6.42 Å². The van der Waals surface area contributed by atoms with Gasteiger partial charge in [0, 0.05) is 12.0 Å². The molecule has 74 valence electrons. The van der Waals surface area contributed by atoms with E-state index in [0.29, 0.717) is 12.0 Å². The van der Waals surface area contributed by atoms with E-state index in [2.05, 4.69) is 43.1 Å². The van der Waals surface area contributed by atoms with Crippen molar-refractivity contribution in [2.45, 2.75) is 32.2 Å². The largest absolute Gasteiger partial charge is 0.387 e. The monoisotopic (exact) mass is 188 g/mol. The molecule has 0 saturated carbocycles. The van der Waals surface area contributed by atoms with Gasteiger partial charge in [-0.05, 0) is 31.4 Å². The van der Waals surface area contributed by atoms with Crippen molar-refractivity contribution >= 4 is 5.84 Å². The average Bonchev–Trinajstić information content (AvgIpc) is 2.05. The molecule has 1 unspecified atom stereocenters. The zero-order valence-corrected chi connectivity index (χ0v) is 8.70. The molecule has 14 heavy (non-hydrogen) atoms. The van der Waals surface area contributed by atoms with Gasteiger partial charge >= 0.3 is 0 Å². The number of benzene rings is 1. The van der Waals surface area contributed by atoms with Crippen molar-refractivity contribution in [3.8, 4) is 0 Å². The summed E-state index contributed by atoms with van der Waals surface area (Å²) in [4.78, 5) is 4.39. The summed E-state index contributed by atoms with van der Waals surface area (Å²) >= 11 is 0. The van der Waals surface area contributed by atoms with E-state index in [9.17, 15) is 0 Å². The third kappa shape index (κ3) is 1.52. The molecule has 0 saturated heterocycles. The quantitative estimate of drug-likeness (QED) is 0.560. The van der Waals surface area contributed by atoms with Crippen molar-refractivity contribution in [1.29, 1.82) is 0 Å². The van der Waals surface area contributed by atoms with Crippen LogP contribution >= 0.6 is 0 Å². The molecule has 0 amide bonds. The third-order valence-corrected chi connectivity index (χ3v) is 2.62. The minimum absolute atomic E-state index is 0.294. The van der Waals surface area contributed by atoms with Gasteiger partial charge in [-0.2, -0.15) is 0 Å². The van der Waals surface area contributed by atoms with Crippen molar-refractivity contribution in [2.75, 3.05) is 0 Å². The van der Waals surface area contributed by atoms with Crippen molar-refractivity contribution in [3.05, 3.63) is 35.4 Å². The Morgan fingerprint density at radius 3 is 2.79 bits per heavy atom. The summed E-state index contributed by atoms with van der Waals surface area (Å²) in [5.74, 6) is 1.16. The Bertz CT molecular complexity index is 366. The summed E-state index contributed by atoms with van der Waals surface area (Å²) in [6.45, 7) is 4.11. The van der Waals surface area contributed by atoms with Gasteiger partial charge in [-0.1, -0.05) is 24.3 Å². The first-order chi connectivity index (χ1) is 6.68. The van der Waals surface area contributed by atoms with Crippen LogP contribution < -0.4 is 5.73 Å². The first-order valence-corrected chi connectivity index (χ1v) is 5.09. The van der Waals surface area contributed by atoms with Crippen molar-refractivity contribution in [3.63, 3.8) is 0 Å². The normalized spacial score (nSPS) is 20.5. The zero-order valence-electron chi connectivity index (χ0n) is 8.70. The molecule has 0 spiro atoms. The SMILES string of the molecule is CC(C)N=C(N)C1Cc2ccccc21. The van der Waals surface area contributed by atoms with E-state index in [0.717, 1.165) is 12.3 Å². The molecular formula is C12H16N2. The predicted molar refractivity (Wildman–Crippen MR) is 59.6 cm³/mol. The van der Waals surface area contributed by atoms with Crippen LogP contribution in [0.4, 0.5) is 0 Å². The van der Waals surface area contributed by atoms with Crippen LogP contribution in [0.1, 0.15) is 30.9 Å². The van der Waals surface area contributed by atoms with E-state index >= 15 is 0 Å². The standard InChI is InChI=1S/C12H16N2/c1-8(2)14-12(13)11-7-9-5-3-4-6-10(9)11/h3-6,8,11H,7H2,1-2H3,(H2,13,14). The molecule has 1 atom stereocenters. The fourth-order valence-corrected chi connectivity index (χ4v) is 1.91. The van der Waals surface area contributed by atoms with E-state index in [1.807, 2.05) is 0 Å². The molecule has 1 aromatic rings. The van der Waals surface area contributed by atoms with Gasteiger partial charge in [-0.25, -0.2) is 0 Å². The lowest BCUT2D eigenvalue weighted by molar-refractivity contribution is 0.738. The third-order valence-electron chi connectivity index (χ3n) is 2.62. The first kappa shape index (κ1) is 9.25. The van der Waals surface area contributed by atoms with Gasteiger partial charge < -0.3 is 5.73 Å². The number of hydrogen-bond donors (Lipinski definition) is 1. The number of rotatable bonds is 2. The van der Waals surface area contributed by atoms with Gasteiger partial charge in [0.15, 0.2) is 0 Å². The van der Waals surface area contributed by atoms with Gasteiger partial charge in [-0.3, -0.25) is 4.99 Å². The zero-order chi connectivity index (χ0) is 10.1. The summed E-state index contributed by atoms with van der Waals surface area (Å²) in [7, 11) is 0. The summed E-state index contributed by atoms with van der Waals surface area (Å²) in [5.41, 5.74) is 8.72. The molecule has 2 N–H and O–H groups in total. The van der Waals surface area contributed by atoms with Crippen LogP contribution in [-0.4, -0.2) is 11.9 Å². The van der Waals surface area contributed by atoms with Gasteiger partial charge in [-0.15, -0.1) is 0 Å². The van der Waals surface area contributed by atoms with Crippen LogP contribution in [0.3, 0.4) is 0 Å². The molecule has 0 radical (unpaired) electrons. The van der Waals surface area contributed by atoms with Gasteiger partial charge in [0.1, 0.15) is 5.84 Å². The number of nitrogens with zero attached hydrogens (tertiary/aromatic N) is 1. The minimum atomic E-state index is 0.294. The number of fused-ring (bicyclic) bond motifs is 1. The Labute approximate surface area is 84.9 Å². The van der Waals surface area contributed by atoms with Crippen molar-refractivity contribution in [1.82, 2.24) is 0 Å². The lowest BCUT2D eigenvalue weighted by Gasteiger charge is -2.29. The van der Waals surface area contributed by atoms with E-state index in [1.54, 1.807) is 0 Å². The molecule has 0 aromatic heterocycles. The number of amidine groups is 1. The smallest absolute Gasteiger partial charge is 0.102 e. The Morgan fingerprint density at radius 1 is 1.43 bits per heavy atom. The van der Waals surface area contributed by atoms with Crippen LogP contribution in [0.15, 0.2) is 29.3 Å². The summed E-state index contributed by atoms with van der Waals surface area (Å²) < 4.78 is 0. The maximum absolute atomic E-state index is 5.94. The molecule has 2 rings (SSSR count). The maximum atomic E-state index is 5.94. The lowest BCUT2D eigenvalue weighted by atomic mass is 9.77. The maximum Gasteiger partial charge on any atom is 0.102 e. The predicted octanol–water partition coefficient (Wildman–Crippen LogP) is 2.09. The second kappa shape index (κ2) is 3.45. The van der Waals surface area contributed by atoms with E-state index in [1.165, 1.54) is 11.1 Å². The van der Waals surface area contributed by atoms with Crippen LogP contribution in [0.2, 0.25) is 0 Å². The highest BCUT2D eigenvalue weighted by Crippen LogP contribution is 2.34.